The van der Waals surface area contributed by atoms with E-state index in [0.29, 0.717) is 11.4 Å². The van der Waals surface area contributed by atoms with Gasteiger partial charge in [-0.05, 0) is 38.8 Å². The van der Waals surface area contributed by atoms with Crippen molar-refractivity contribution in [3.8, 4) is 0 Å². The molecule has 0 bridgehead atoms. The van der Waals surface area contributed by atoms with Gasteiger partial charge in [0.25, 0.3) is 0 Å². The highest BCUT2D eigenvalue weighted by Gasteiger charge is 2.37. The van der Waals surface area contributed by atoms with Gasteiger partial charge in [-0.25, -0.2) is 8.42 Å². The second kappa shape index (κ2) is 4.99. The summed E-state index contributed by atoms with van der Waals surface area (Å²) >= 11 is 0. The summed E-state index contributed by atoms with van der Waals surface area (Å²) in [4.78, 5) is 0.306. The van der Waals surface area contributed by atoms with Gasteiger partial charge in [0.1, 0.15) is 0 Å². The summed E-state index contributed by atoms with van der Waals surface area (Å²) in [6.45, 7) is 4.06. The average Bonchev–Trinajstić information content (AvgIpc) is 2.79. The van der Waals surface area contributed by atoms with E-state index in [1.165, 1.54) is 4.31 Å². The number of aliphatic hydroxyl groups excluding tert-OH is 1. The van der Waals surface area contributed by atoms with Crippen molar-refractivity contribution in [3.05, 3.63) is 29.8 Å². The number of hydrogen-bond donors (Lipinski definition) is 1. The van der Waals surface area contributed by atoms with Crippen LogP contribution in [0.4, 0.5) is 0 Å². The van der Waals surface area contributed by atoms with Gasteiger partial charge >= 0.3 is 0 Å². The molecule has 2 rings (SSSR count). The molecule has 4 nitrogen and oxygen atoms in total. The maximum absolute atomic E-state index is 12.5. The van der Waals surface area contributed by atoms with Gasteiger partial charge in [-0.15, -0.1) is 0 Å². The molecule has 2 unspecified atom stereocenters. The molecule has 1 aliphatic heterocycles. The fourth-order valence-corrected chi connectivity index (χ4v) is 4.15. The van der Waals surface area contributed by atoms with Crippen molar-refractivity contribution in [2.24, 2.45) is 0 Å². The molecular weight excluding hydrogens is 250 g/mol. The highest BCUT2D eigenvalue weighted by molar-refractivity contribution is 7.89. The number of sulfonamides is 1. The van der Waals surface area contributed by atoms with Gasteiger partial charge in [0.05, 0.1) is 17.0 Å². The molecule has 0 amide bonds. The third-order valence-corrected chi connectivity index (χ3v) is 5.37. The van der Waals surface area contributed by atoms with Crippen LogP contribution in [0.3, 0.4) is 0 Å². The van der Waals surface area contributed by atoms with Crippen molar-refractivity contribution in [2.45, 2.75) is 43.7 Å². The highest BCUT2D eigenvalue weighted by atomic mass is 32.2. The zero-order valence-corrected chi connectivity index (χ0v) is 11.5. The van der Waals surface area contributed by atoms with E-state index in [1.54, 1.807) is 31.2 Å². The second-order valence-electron chi connectivity index (χ2n) is 4.88. The lowest BCUT2D eigenvalue weighted by Gasteiger charge is -2.26. The first-order valence-corrected chi connectivity index (χ1v) is 7.63. The van der Waals surface area contributed by atoms with Crippen LogP contribution in [0.25, 0.3) is 0 Å². The number of rotatable bonds is 3. The van der Waals surface area contributed by atoms with E-state index in [1.807, 2.05) is 6.92 Å². The lowest BCUT2D eigenvalue weighted by Crippen LogP contribution is -2.41. The predicted molar refractivity (Wildman–Crippen MR) is 69.8 cm³/mol. The number of hydrogen-bond acceptors (Lipinski definition) is 3. The Labute approximate surface area is 108 Å². The van der Waals surface area contributed by atoms with Crippen LogP contribution >= 0.6 is 0 Å². The Hall–Kier alpha value is -0.910. The SMILES string of the molecule is Cc1ccc(S(=O)(=O)N2CCCC2C(C)O)cc1. The number of aliphatic hydroxyl groups is 1. The Balaban J connectivity index is 2.33. The first kappa shape index (κ1) is 13.5. The molecule has 0 spiro atoms. The quantitative estimate of drug-likeness (QED) is 0.905. The van der Waals surface area contributed by atoms with Crippen LogP contribution in [0.15, 0.2) is 29.2 Å². The van der Waals surface area contributed by atoms with Crippen molar-refractivity contribution in [3.63, 3.8) is 0 Å². The molecule has 0 aliphatic carbocycles. The smallest absolute Gasteiger partial charge is 0.243 e. The summed E-state index contributed by atoms with van der Waals surface area (Å²) in [6, 6.07) is 6.54. The molecule has 0 radical (unpaired) electrons. The van der Waals surface area contributed by atoms with E-state index in [4.69, 9.17) is 0 Å². The van der Waals surface area contributed by atoms with Crippen LogP contribution in [-0.2, 0) is 10.0 Å². The van der Waals surface area contributed by atoms with Crippen LogP contribution < -0.4 is 0 Å². The minimum absolute atomic E-state index is 0.295. The minimum atomic E-state index is -3.48. The first-order valence-electron chi connectivity index (χ1n) is 6.19. The van der Waals surface area contributed by atoms with Gasteiger partial charge in [-0.1, -0.05) is 17.7 Å². The molecule has 0 saturated carbocycles. The first-order chi connectivity index (χ1) is 8.43. The molecule has 1 aliphatic rings. The molecule has 1 fully saturated rings. The summed E-state index contributed by atoms with van der Waals surface area (Å²) in [6.07, 6.45) is 0.899. The number of nitrogens with zero attached hydrogens (tertiary/aromatic N) is 1. The molecule has 1 saturated heterocycles. The zero-order chi connectivity index (χ0) is 13.3. The van der Waals surface area contributed by atoms with Gasteiger partial charge in [-0.2, -0.15) is 4.31 Å². The summed E-state index contributed by atoms with van der Waals surface area (Å²) in [5, 5.41) is 9.67. The van der Waals surface area contributed by atoms with Crippen LogP contribution in [0.5, 0.6) is 0 Å². The zero-order valence-electron chi connectivity index (χ0n) is 10.7. The molecule has 100 valence electrons. The third kappa shape index (κ3) is 2.43. The Morgan fingerprint density at radius 3 is 2.50 bits per heavy atom. The van der Waals surface area contributed by atoms with Gasteiger partial charge in [0.15, 0.2) is 0 Å². The van der Waals surface area contributed by atoms with Gasteiger partial charge < -0.3 is 5.11 Å². The minimum Gasteiger partial charge on any atom is -0.392 e. The lowest BCUT2D eigenvalue weighted by molar-refractivity contribution is 0.123. The van der Waals surface area contributed by atoms with Crippen LogP contribution in [-0.4, -0.2) is 36.5 Å². The normalized spacial score (nSPS) is 23.2. The van der Waals surface area contributed by atoms with E-state index in [-0.39, 0.29) is 6.04 Å². The fourth-order valence-electron chi connectivity index (χ4n) is 2.39. The Morgan fingerprint density at radius 1 is 1.33 bits per heavy atom. The Kier molecular flexibility index (Phi) is 3.75. The van der Waals surface area contributed by atoms with Crippen molar-refractivity contribution in [1.82, 2.24) is 4.31 Å². The van der Waals surface area contributed by atoms with Crippen molar-refractivity contribution >= 4 is 10.0 Å². The summed E-state index contributed by atoms with van der Waals surface area (Å²) in [7, 11) is -3.48. The number of aryl methyl sites for hydroxylation is 1. The Bertz CT molecular complexity index is 508. The van der Waals surface area contributed by atoms with Crippen LogP contribution in [0.1, 0.15) is 25.3 Å². The van der Waals surface area contributed by atoms with Gasteiger partial charge in [0, 0.05) is 6.54 Å². The number of benzene rings is 1. The summed E-state index contributed by atoms with van der Waals surface area (Å²) in [5.74, 6) is 0. The largest absolute Gasteiger partial charge is 0.392 e. The monoisotopic (exact) mass is 269 g/mol. The van der Waals surface area contributed by atoms with Crippen LogP contribution in [0.2, 0.25) is 0 Å². The molecule has 1 aromatic rings. The Morgan fingerprint density at radius 2 is 1.94 bits per heavy atom. The molecule has 18 heavy (non-hydrogen) atoms. The van der Waals surface area contributed by atoms with E-state index < -0.39 is 16.1 Å². The van der Waals surface area contributed by atoms with E-state index in [0.717, 1.165) is 18.4 Å². The molecule has 1 heterocycles. The molecule has 0 aromatic heterocycles. The van der Waals surface area contributed by atoms with Crippen LogP contribution in [0, 0.1) is 6.92 Å². The van der Waals surface area contributed by atoms with Crippen molar-refractivity contribution in [1.29, 1.82) is 0 Å². The third-order valence-electron chi connectivity index (χ3n) is 3.43. The highest BCUT2D eigenvalue weighted by Crippen LogP contribution is 2.27. The molecule has 5 heteroatoms. The topological polar surface area (TPSA) is 57.6 Å². The van der Waals surface area contributed by atoms with Gasteiger partial charge in [0.2, 0.25) is 10.0 Å². The summed E-state index contributed by atoms with van der Waals surface area (Å²) < 4.78 is 26.4. The van der Waals surface area contributed by atoms with Gasteiger partial charge in [-0.3, -0.25) is 0 Å². The lowest BCUT2D eigenvalue weighted by atomic mass is 10.1. The summed E-state index contributed by atoms with van der Waals surface area (Å²) in [5.41, 5.74) is 1.03. The molecular formula is C13H19NO3S. The second-order valence-corrected chi connectivity index (χ2v) is 6.77. The van der Waals surface area contributed by atoms with E-state index >= 15 is 0 Å². The van der Waals surface area contributed by atoms with E-state index in [2.05, 4.69) is 0 Å². The van der Waals surface area contributed by atoms with Crippen molar-refractivity contribution < 1.29 is 13.5 Å². The maximum atomic E-state index is 12.5. The van der Waals surface area contributed by atoms with E-state index in [9.17, 15) is 13.5 Å². The maximum Gasteiger partial charge on any atom is 0.243 e. The molecule has 2 atom stereocenters. The van der Waals surface area contributed by atoms with Crippen molar-refractivity contribution in [2.75, 3.05) is 6.54 Å². The standard InChI is InChI=1S/C13H19NO3S/c1-10-5-7-12(8-6-10)18(16,17)14-9-3-4-13(14)11(2)15/h5-8,11,13,15H,3-4,9H2,1-2H3. The predicted octanol–water partition coefficient (Wildman–Crippen LogP) is 1.53. The molecule has 1 aromatic carbocycles. The molecule has 1 N–H and O–H groups in total. The fraction of sp³-hybridized carbons (Fsp3) is 0.538. The average molecular weight is 269 g/mol.